The second-order valence-corrected chi connectivity index (χ2v) is 8.58. The van der Waals surface area contributed by atoms with E-state index in [0.717, 1.165) is 11.8 Å². The van der Waals surface area contributed by atoms with Gasteiger partial charge in [0.15, 0.2) is 11.0 Å². The van der Waals surface area contributed by atoms with Crippen LogP contribution < -0.4 is 9.47 Å². The van der Waals surface area contributed by atoms with Crippen LogP contribution in [0.5, 0.6) is 11.5 Å². The highest BCUT2D eigenvalue weighted by molar-refractivity contribution is 8.04. The number of carboxylic acid groups (broad SMARTS) is 1. The number of benzene rings is 2. The van der Waals surface area contributed by atoms with Gasteiger partial charge in [-0.3, -0.25) is 10.1 Å². The monoisotopic (exact) mass is 522 g/mol. The summed E-state index contributed by atoms with van der Waals surface area (Å²) in [6.07, 6.45) is 1.39. The minimum absolute atomic E-state index is 0.0264. The van der Waals surface area contributed by atoms with Gasteiger partial charge in [0.25, 0.3) is 5.69 Å². The van der Waals surface area contributed by atoms with Crippen LogP contribution in [0.15, 0.2) is 69.1 Å². The number of methoxy groups -OCH3 is 2. The summed E-state index contributed by atoms with van der Waals surface area (Å²) in [6, 6.07) is 14.5. The van der Waals surface area contributed by atoms with Gasteiger partial charge < -0.3 is 23.6 Å². The number of rotatable bonds is 10. The van der Waals surface area contributed by atoms with E-state index in [9.17, 15) is 20.0 Å². The standard InChI is InChI=1S/C25H22N4O7S/c1-4-28-23(16-11-19(34-2)13-20(12-16)35-3)26-27-25(28)37-22(24(30)31)14-18-9-10-21(36-18)15-5-7-17(8-6-15)29(32)33/h5-14H,4H2,1-3H3,(H,30,31)/b22-14-. The fourth-order valence-corrected chi connectivity index (χ4v) is 4.36. The highest BCUT2D eigenvalue weighted by Crippen LogP contribution is 2.34. The van der Waals surface area contributed by atoms with Gasteiger partial charge in [-0.25, -0.2) is 4.79 Å². The summed E-state index contributed by atoms with van der Waals surface area (Å²) in [7, 11) is 3.10. The van der Waals surface area contributed by atoms with Crippen LogP contribution in [0.2, 0.25) is 0 Å². The third-order valence-electron chi connectivity index (χ3n) is 5.32. The van der Waals surface area contributed by atoms with Crippen molar-refractivity contribution in [1.82, 2.24) is 14.8 Å². The highest BCUT2D eigenvalue weighted by atomic mass is 32.2. The number of aliphatic carboxylic acids is 1. The Morgan fingerprint density at radius 3 is 2.32 bits per heavy atom. The summed E-state index contributed by atoms with van der Waals surface area (Å²) in [4.78, 5) is 22.4. The Bertz CT molecular complexity index is 1450. The van der Waals surface area contributed by atoms with Crippen LogP contribution in [0, 0.1) is 10.1 Å². The molecule has 0 aliphatic carbocycles. The third-order valence-corrected chi connectivity index (χ3v) is 6.31. The molecule has 0 radical (unpaired) electrons. The molecule has 1 N–H and O–H groups in total. The van der Waals surface area contributed by atoms with Crippen molar-refractivity contribution in [3.05, 3.63) is 75.4 Å². The Hall–Kier alpha value is -4.58. The minimum atomic E-state index is -1.16. The molecule has 0 aliphatic heterocycles. The molecular weight excluding hydrogens is 500 g/mol. The average Bonchev–Trinajstić information content (AvgIpc) is 3.54. The number of thioether (sulfide) groups is 1. The van der Waals surface area contributed by atoms with Crippen molar-refractivity contribution >= 4 is 29.5 Å². The largest absolute Gasteiger partial charge is 0.497 e. The Kier molecular flexibility index (Phi) is 7.58. The fraction of sp³-hybridized carbons (Fsp3) is 0.160. The zero-order chi connectivity index (χ0) is 26.5. The van der Waals surface area contributed by atoms with Crippen molar-refractivity contribution < 1.29 is 28.7 Å². The number of furan rings is 1. The lowest BCUT2D eigenvalue weighted by Gasteiger charge is -2.10. The van der Waals surface area contributed by atoms with Crippen LogP contribution in [0.3, 0.4) is 0 Å². The number of hydrogen-bond acceptors (Lipinski definition) is 9. The van der Waals surface area contributed by atoms with Gasteiger partial charge in [-0.2, -0.15) is 0 Å². The molecule has 190 valence electrons. The lowest BCUT2D eigenvalue weighted by Crippen LogP contribution is -2.03. The number of carboxylic acids is 1. The van der Waals surface area contributed by atoms with Crippen molar-refractivity contribution in [2.45, 2.75) is 18.6 Å². The van der Waals surface area contributed by atoms with Crippen molar-refractivity contribution in [3.63, 3.8) is 0 Å². The molecule has 0 aliphatic rings. The van der Waals surface area contributed by atoms with Crippen molar-refractivity contribution in [1.29, 1.82) is 0 Å². The van der Waals surface area contributed by atoms with E-state index in [2.05, 4.69) is 10.2 Å². The Morgan fingerprint density at radius 1 is 1.08 bits per heavy atom. The first-order valence-corrected chi connectivity index (χ1v) is 11.8. The summed E-state index contributed by atoms with van der Waals surface area (Å²) in [5.41, 5.74) is 1.29. The van der Waals surface area contributed by atoms with Crippen LogP contribution in [0.25, 0.3) is 28.8 Å². The zero-order valence-corrected chi connectivity index (χ0v) is 20.9. The zero-order valence-electron chi connectivity index (χ0n) is 20.1. The number of hydrogen-bond donors (Lipinski definition) is 1. The maximum absolute atomic E-state index is 12.0. The number of aromatic nitrogens is 3. The molecule has 0 atom stereocenters. The number of nitro groups is 1. The fourth-order valence-electron chi connectivity index (χ4n) is 3.49. The van der Waals surface area contributed by atoms with Gasteiger partial charge >= 0.3 is 5.97 Å². The summed E-state index contributed by atoms with van der Waals surface area (Å²) in [5.74, 6) is 1.29. The molecular formula is C25H22N4O7S. The van der Waals surface area contributed by atoms with E-state index in [-0.39, 0.29) is 10.6 Å². The molecule has 37 heavy (non-hydrogen) atoms. The lowest BCUT2D eigenvalue weighted by molar-refractivity contribution is -0.384. The number of ether oxygens (including phenoxy) is 2. The van der Waals surface area contributed by atoms with Gasteiger partial charge in [-0.1, -0.05) is 0 Å². The summed E-state index contributed by atoms with van der Waals surface area (Å²) < 4.78 is 18.3. The van der Waals surface area contributed by atoms with Gasteiger partial charge in [0.05, 0.1) is 19.1 Å². The molecule has 2 aromatic heterocycles. The molecule has 12 heteroatoms. The molecule has 0 amide bonds. The van der Waals surface area contributed by atoms with Crippen LogP contribution in [0.1, 0.15) is 12.7 Å². The van der Waals surface area contributed by atoms with Gasteiger partial charge in [-0.15, -0.1) is 10.2 Å². The molecule has 0 spiro atoms. The molecule has 0 fully saturated rings. The van der Waals surface area contributed by atoms with Crippen LogP contribution >= 0.6 is 11.8 Å². The normalized spacial score (nSPS) is 11.4. The van der Waals surface area contributed by atoms with E-state index in [1.165, 1.54) is 18.2 Å². The second kappa shape index (κ2) is 11.0. The van der Waals surface area contributed by atoms with Gasteiger partial charge in [0, 0.05) is 41.9 Å². The second-order valence-electron chi connectivity index (χ2n) is 7.57. The summed E-state index contributed by atoms with van der Waals surface area (Å²) >= 11 is 0.942. The van der Waals surface area contributed by atoms with E-state index in [1.807, 2.05) is 6.92 Å². The van der Waals surface area contributed by atoms with E-state index in [4.69, 9.17) is 13.9 Å². The first-order valence-electron chi connectivity index (χ1n) is 11.0. The maximum atomic E-state index is 12.0. The number of carbonyl (C=O) groups is 1. The number of nitrogens with zero attached hydrogens (tertiary/aromatic N) is 4. The molecule has 2 heterocycles. The van der Waals surface area contributed by atoms with E-state index < -0.39 is 10.9 Å². The molecule has 0 bridgehead atoms. The first-order chi connectivity index (χ1) is 17.8. The summed E-state index contributed by atoms with van der Waals surface area (Å²) in [5, 5.41) is 29.6. The van der Waals surface area contributed by atoms with Crippen molar-refractivity contribution in [3.8, 4) is 34.2 Å². The molecule has 0 saturated heterocycles. The van der Waals surface area contributed by atoms with E-state index in [1.54, 1.807) is 61.3 Å². The smallest absolute Gasteiger partial charge is 0.342 e. The Labute approximate surface area is 215 Å². The predicted octanol–water partition coefficient (Wildman–Crippen LogP) is 5.37. The van der Waals surface area contributed by atoms with E-state index >= 15 is 0 Å². The molecule has 11 nitrogen and oxygen atoms in total. The number of nitro benzene ring substituents is 1. The molecule has 0 unspecified atom stereocenters. The molecule has 4 rings (SSSR count). The molecule has 4 aromatic rings. The molecule has 0 saturated carbocycles. The van der Waals surface area contributed by atoms with Crippen LogP contribution in [-0.4, -0.2) is 45.0 Å². The lowest BCUT2D eigenvalue weighted by atomic mass is 10.1. The third kappa shape index (κ3) is 5.64. The SMILES string of the molecule is CCn1c(S/C(=C\c2ccc(-c3ccc([N+](=O)[O-])cc3)o2)C(=O)O)nnc1-c1cc(OC)cc(OC)c1. The highest BCUT2D eigenvalue weighted by Gasteiger charge is 2.20. The van der Waals surface area contributed by atoms with Gasteiger partial charge in [0.1, 0.15) is 27.9 Å². The Balaban J connectivity index is 1.63. The topological polar surface area (TPSA) is 143 Å². The van der Waals surface area contributed by atoms with Gasteiger partial charge in [-0.05, 0) is 55.1 Å². The quantitative estimate of drug-likeness (QED) is 0.125. The van der Waals surface area contributed by atoms with Crippen molar-refractivity contribution in [2.24, 2.45) is 0 Å². The van der Waals surface area contributed by atoms with Crippen LogP contribution in [-0.2, 0) is 11.3 Å². The van der Waals surface area contributed by atoms with E-state index in [0.29, 0.717) is 51.7 Å². The predicted molar refractivity (Wildman–Crippen MR) is 137 cm³/mol. The summed E-state index contributed by atoms with van der Waals surface area (Å²) in [6.45, 7) is 2.39. The minimum Gasteiger partial charge on any atom is -0.497 e. The Morgan fingerprint density at radius 2 is 1.76 bits per heavy atom. The number of non-ortho nitro benzene ring substituents is 1. The van der Waals surface area contributed by atoms with Gasteiger partial charge in [0.2, 0.25) is 0 Å². The first kappa shape index (κ1) is 25.5. The maximum Gasteiger partial charge on any atom is 0.342 e. The average molecular weight is 523 g/mol. The molecule has 2 aromatic carbocycles. The van der Waals surface area contributed by atoms with Crippen LogP contribution in [0.4, 0.5) is 5.69 Å². The van der Waals surface area contributed by atoms with Crippen molar-refractivity contribution in [2.75, 3.05) is 14.2 Å².